The molecular weight excluding hydrogens is 450 g/mol. The predicted molar refractivity (Wildman–Crippen MR) is 141 cm³/mol. The Kier molecular flexibility index (Phi) is 5.13. The molecule has 4 aromatic rings. The number of fused-ring (bicyclic) bond motifs is 1. The number of oxazole rings is 1. The molecular formula is C31H29NO2S. The van der Waals surface area contributed by atoms with Crippen molar-refractivity contribution in [3.05, 3.63) is 83.9 Å². The van der Waals surface area contributed by atoms with Crippen LogP contribution in [0.5, 0.6) is 0 Å². The second-order valence-corrected chi connectivity index (χ2v) is 11.9. The minimum absolute atomic E-state index is 0.0890. The van der Waals surface area contributed by atoms with E-state index in [1.807, 2.05) is 42.5 Å². The number of aromatic nitrogens is 1. The van der Waals surface area contributed by atoms with Crippen molar-refractivity contribution in [3.8, 4) is 11.1 Å². The number of nitrogens with zero attached hydrogens (tertiary/aromatic N) is 1. The van der Waals surface area contributed by atoms with E-state index < -0.39 is 0 Å². The molecule has 8 rings (SSSR count). The zero-order valence-corrected chi connectivity index (χ0v) is 20.6. The molecule has 0 radical (unpaired) electrons. The maximum atomic E-state index is 12.8. The molecule has 0 N–H and O–H groups in total. The Labute approximate surface area is 210 Å². The van der Waals surface area contributed by atoms with Crippen molar-refractivity contribution in [1.82, 2.24) is 4.98 Å². The minimum atomic E-state index is 0.0890. The zero-order valence-electron chi connectivity index (χ0n) is 19.8. The molecule has 4 fully saturated rings. The van der Waals surface area contributed by atoms with Crippen molar-refractivity contribution in [1.29, 1.82) is 0 Å². The number of thioether (sulfide) groups is 1. The van der Waals surface area contributed by atoms with E-state index in [1.54, 1.807) is 0 Å². The second-order valence-electron chi connectivity index (χ2n) is 11.0. The Balaban J connectivity index is 1.05. The lowest BCUT2D eigenvalue weighted by molar-refractivity contribution is -0.00513. The van der Waals surface area contributed by atoms with Crippen LogP contribution in [-0.4, -0.2) is 16.5 Å². The monoisotopic (exact) mass is 479 g/mol. The first-order valence-corrected chi connectivity index (χ1v) is 13.8. The van der Waals surface area contributed by atoms with E-state index >= 15 is 0 Å². The molecule has 0 amide bonds. The smallest absolute Gasteiger partial charge is 0.257 e. The Hall–Kier alpha value is -2.85. The number of hydrogen-bond acceptors (Lipinski definition) is 4. The van der Waals surface area contributed by atoms with Gasteiger partial charge in [-0.05, 0) is 90.5 Å². The van der Waals surface area contributed by atoms with E-state index in [0.717, 1.165) is 45.5 Å². The normalized spacial score (nSPS) is 26.9. The van der Waals surface area contributed by atoms with Crippen LogP contribution in [-0.2, 0) is 5.41 Å². The number of Topliss-reactive ketones (excluding diaryl/α,β-unsaturated/α-hetero) is 1. The van der Waals surface area contributed by atoms with Gasteiger partial charge in [-0.2, -0.15) is 0 Å². The van der Waals surface area contributed by atoms with Crippen LogP contribution in [0.1, 0.15) is 54.4 Å². The van der Waals surface area contributed by atoms with E-state index in [2.05, 4.69) is 30.3 Å². The van der Waals surface area contributed by atoms with Crippen molar-refractivity contribution in [2.45, 2.75) is 49.2 Å². The first-order valence-electron chi connectivity index (χ1n) is 12.9. The molecule has 4 heteroatoms. The molecule has 1 heterocycles. The quantitative estimate of drug-likeness (QED) is 0.208. The number of ketones is 1. The largest absolute Gasteiger partial charge is 0.431 e. The molecule has 0 unspecified atom stereocenters. The Morgan fingerprint density at radius 3 is 2.20 bits per heavy atom. The van der Waals surface area contributed by atoms with E-state index in [1.165, 1.54) is 55.9 Å². The zero-order chi connectivity index (χ0) is 23.4. The van der Waals surface area contributed by atoms with Gasteiger partial charge in [0.15, 0.2) is 11.4 Å². The van der Waals surface area contributed by atoms with Crippen molar-refractivity contribution in [2.75, 3.05) is 5.75 Å². The summed E-state index contributed by atoms with van der Waals surface area (Å²) in [5, 5.41) is 0.580. The summed E-state index contributed by atoms with van der Waals surface area (Å²) in [6, 6.07) is 24.7. The summed E-state index contributed by atoms with van der Waals surface area (Å²) in [5.41, 5.74) is 6.56. The molecule has 0 aliphatic heterocycles. The van der Waals surface area contributed by atoms with Gasteiger partial charge in [-0.1, -0.05) is 72.4 Å². The summed E-state index contributed by atoms with van der Waals surface area (Å²) < 4.78 is 6.00. The van der Waals surface area contributed by atoms with Crippen LogP contribution in [0.25, 0.3) is 22.2 Å². The number of hydrogen-bond donors (Lipinski definition) is 0. The van der Waals surface area contributed by atoms with Crippen molar-refractivity contribution < 1.29 is 9.21 Å². The van der Waals surface area contributed by atoms with Crippen molar-refractivity contribution >= 4 is 28.6 Å². The van der Waals surface area contributed by atoms with Gasteiger partial charge in [-0.3, -0.25) is 4.79 Å². The fourth-order valence-corrected chi connectivity index (χ4v) is 8.18. The van der Waals surface area contributed by atoms with Crippen molar-refractivity contribution in [3.63, 3.8) is 0 Å². The highest BCUT2D eigenvalue weighted by molar-refractivity contribution is 7.99. The first-order chi connectivity index (χ1) is 17.1. The highest BCUT2D eigenvalue weighted by atomic mass is 32.2. The molecule has 4 aliphatic carbocycles. The molecule has 176 valence electrons. The van der Waals surface area contributed by atoms with Crippen LogP contribution in [0.4, 0.5) is 0 Å². The third kappa shape index (κ3) is 3.92. The van der Waals surface area contributed by atoms with E-state index in [4.69, 9.17) is 9.40 Å². The molecule has 3 nitrogen and oxygen atoms in total. The van der Waals surface area contributed by atoms with Gasteiger partial charge in [0.25, 0.3) is 5.22 Å². The van der Waals surface area contributed by atoms with Crippen LogP contribution in [0.3, 0.4) is 0 Å². The Morgan fingerprint density at radius 1 is 0.857 bits per heavy atom. The first kappa shape index (κ1) is 21.4. The van der Waals surface area contributed by atoms with Gasteiger partial charge < -0.3 is 4.42 Å². The van der Waals surface area contributed by atoms with E-state index in [-0.39, 0.29) is 5.78 Å². The van der Waals surface area contributed by atoms with Crippen LogP contribution in [0.2, 0.25) is 0 Å². The van der Waals surface area contributed by atoms with E-state index in [0.29, 0.717) is 16.4 Å². The Bertz CT molecular complexity index is 1350. The average molecular weight is 480 g/mol. The molecule has 0 atom stereocenters. The lowest BCUT2D eigenvalue weighted by atomic mass is 9.48. The van der Waals surface area contributed by atoms with Crippen LogP contribution >= 0.6 is 11.8 Å². The number of benzene rings is 3. The van der Waals surface area contributed by atoms with Crippen LogP contribution in [0, 0.1) is 17.8 Å². The third-order valence-corrected chi connectivity index (χ3v) is 9.49. The molecule has 4 aliphatic rings. The number of carbonyl (C=O) groups excluding carboxylic acids is 1. The van der Waals surface area contributed by atoms with Crippen LogP contribution < -0.4 is 0 Å². The van der Waals surface area contributed by atoms with Gasteiger partial charge in [-0.25, -0.2) is 4.98 Å². The average Bonchev–Trinajstić information content (AvgIpc) is 3.29. The molecule has 1 aromatic heterocycles. The fraction of sp³-hybridized carbons (Fsp3) is 0.355. The van der Waals surface area contributed by atoms with Gasteiger partial charge in [0.2, 0.25) is 0 Å². The lowest BCUT2D eigenvalue weighted by Crippen LogP contribution is -2.48. The van der Waals surface area contributed by atoms with Gasteiger partial charge in [0.1, 0.15) is 5.52 Å². The summed E-state index contributed by atoms with van der Waals surface area (Å²) >= 11 is 1.39. The fourth-order valence-electron chi connectivity index (χ4n) is 7.45. The summed E-state index contributed by atoms with van der Waals surface area (Å²) in [7, 11) is 0. The molecule has 0 saturated heterocycles. The molecule has 35 heavy (non-hydrogen) atoms. The van der Waals surface area contributed by atoms with Crippen LogP contribution in [0.15, 0.2) is 82.4 Å². The third-order valence-electron chi connectivity index (χ3n) is 8.66. The topological polar surface area (TPSA) is 43.1 Å². The minimum Gasteiger partial charge on any atom is -0.431 e. The summed E-state index contributed by atoms with van der Waals surface area (Å²) in [4.78, 5) is 17.6. The number of carbonyl (C=O) groups is 1. The molecule has 3 aromatic carbocycles. The maximum Gasteiger partial charge on any atom is 0.257 e. The predicted octanol–water partition coefficient (Wildman–Crippen LogP) is 7.94. The summed E-state index contributed by atoms with van der Waals surface area (Å²) in [6.07, 6.45) is 8.41. The van der Waals surface area contributed by atoms with Gasteiger partial charge in [0, 0.05) is 5.56 Å². The van der Waals surface area contributed by atoms with Gasteiger partial charge in [0.05, 0.1) is 5.75 Å². The summed E-state index contributed by atoms with van der Waals surface area (Å²) in [6.45, 7) is 0. The SMILES string of the molecule is O=C(CSc1nc2cc(C34CC5CC(CC(C5)C3)C4)ccc2o1)c1ccc(-c2ccccc2)cc1. The molecule has 0 spiro atoms. The van der Waals surface area contributed by atoms with Gasteiger partial charge in [-0.15, -0.1) is 0 Å². The maximum absolute atomic E-state index is 12.8. The number of rotatable bonds is 6. The van der Waals surface area contributed by atoms with Crippen molar-refractivity contribution in [2.24, 2.45) is 17.8 Å². The molecule has 4 saturated carbocycles. The Morgan fingerprint density at radius 2 is 1.51 bits per heavy atom. The molecule has 4 bridgehead atoms. The van der Waals surface area contributed by atoms with Gasteiger partial charge >= 0.3 is 0 Å². The standard InChI is InChI=1S/C31H29NO2S/c33-28(25-8-6-24(7-9-25)23-4-2-1-3-5-23)19-35-30-32-27-15-26(10-11-29(27)34-30)31-16-20-12-21(17-31)14-22(13-20)18-31/h1-11,15,20-22H,12-14,16-19H2. The second kappa shape index (κ2) is 8.37. The summed E-state index contributed by atoms with van der Waals surface area (Å²) in [5.74, 6) is 3.18. The lowest BCUT2D eigenvalue weighted by Gasteiger charge is -2.57. The highest BCUT2D eigenvalue weighted by Gasteiger charge is 2.51. The van der Waals surface area contributed by atoms with E-state index in [9.17, 15) is 4.79 Å². The highest BCUT2D eigenvalue weighted by Crippen LogP contribution is 2.60.